The minimum Gasteiger partial charge on any atom is -0.493 e. The Kier molecular flexibility index (Phi) is 5.28. The van der Waals surface area contributed by atoms with Gasteiger partial charge in [-0.2, -0.15) is 18.3 Å². The molecule has 1 aromatic rings. The predicted octanol–water partition coefficient (Wildman–Crippen LogP) is 3.19. The molecule has 1 aromatic carbocycles. The van der Waals surface area contributed by atoms with E-state index in [0.29, 0.717) is 36.5 Å². The molecule has 5 nitrogen and oxygen atoms in total. The van der Waals surface area contributed by atoms with Gasteiger partial charge in [-0.25, -0.2) is 10.2 Å². The fourth-order valence-corrected chi connectivity index (χ4v) is 2.23. The summed E-state index contributed by atoms with van der Waals surface area (Å²) in [6.45, 7) is -0.900. The highest BCUT2D eigenvalue weighted by Gasteiger charge is 2.27. The van der Waals surface area contributed by atoms with Crippen molar-refractivity contribution in [1.82, 2.24) is 10.7 Å². The van der Waals surface area contributed by atoms with Crippen molar-refractivity contribution in [2.75, 3.05) is 13.2 Å². The number of ether oxygens (including phenoxy) is 1. The molecule has 9 heteroatoms. The SMILES string of the molecule is O=C(NCC(F)(F)F)NN=C1CCCOc2ccc(Br)cc21. The molecule has 2 rings (SSSR count). The molecule has 0 aromatic heterocycles. The summed E-state index contributed by atoms with van der Waals surface area (Å²) in [6.07, 6.45) is -3.22. The lowest BCUT2D eigenvalue weighted by molar-refractivity contribution is -0.122. The van der Waals surface area contributed by atoms with E-state index in [0.717, 1.165) is 4.47 Å². The Morgan fingerprint density at radius 3 is 2.91 bits per heavy atom. The largest absolute Gasteiger partial charge is 0.493 e. The van der Waals surface area contributed by atoms with E-state index in [4.69, 9.17) is 4.74 Å². The first-order valence-corrected chi connectivity index (χ1v) is 7.24. The van der Waals surface area contributed by atoms with Crippen molar-refractivity contribution in [2.24, 2.45) is 5.10 Å². The molecular weight excluding hydrogens is 367 g/mol. The lowest BCUT2D eigenvalue weighted by Gasteiger charge is -2.10. The number of fused-ring (bicyclic) bond motifs is 1. The van der Waals surface area contributed by atoms with Crippen LogP contribution in [-0.4, -0.2) is 31.1 Å². The Bertz CT molecular complexity index is 590. The van der Waals surface area contributed by atoms with Crippen LogP contribution in [0.15, 0.2) is 27.8 Å². The second-order valence-electron chi connectivity index (χ2n) is 4.56. The number of nitrogens with zero attached hydrogens (tertiary/aromatic N) is 1. The Morgan fingerprint density at radius 2 is 2.18 bits per heavy atom. The number of hydrogen-bond acceptors (Lipinski definition) is 3. The van der Waals surface area contributed by atoms with Crippen LogP contribution in [0.1, 0.15) is 18.4 Å². The van der Waals surface area contributed by atoms with Gasteiger partial charge in [0.2, 0.25) is 0 Å². The van der Waals surface area contributed by atoms with E-state index >= 15 is 0 Å². The molecular formula is C13H13BrF3N3O2. The molecule has 0 bridgehead atoms. The molecule has 1 aliphatic heterocycles. The van der Waals surface area contributed by atoms with Crippen molar-refractivity contribution in [3.05, 3.63) is 28.2 Å². The number of hydrogen-bond donors (Lipinski definition) is 2. The minimum absolute atomic E-state index is 0.508. The van der Waals surface area contributed by atoms with Gasteiger partial charge in [-0.15, -0.1) is 0 Å². The molecule has 0 saturated carbocycles. The molecule has 2 N–H and O–H groups in total. The summed E-state index contributed by atoms with van der Waals surface area (Å²) in [5.74, 6) is 0.622. The van der Waals surface area contributed by atoms with Gasteiger partial charge in [-0.1, -0.05) is 15.9 Å². The third-order valence-corrected chi connectivity index (χ3v) is 3.30. The van der Waals surface area contributed by atoms with Gasteiger partial charge in [-0.3, -0.25) is 0 Å². The average Bonchev–Trinajstić information content (AvgIpc) is 2.64. The lowest BCUT2D eigenvalue weighted by Crippen LogP contribution is -2.39. The first kappa shape index (κ1) is 16.6. The summed E-state index contributed by atoms with van der Waals surface area (Å²) in [5.41, 5.74) is 3.33. The summed E-state index contributed by atoms with van der Waals surface area (Å²) in [4.78, 5) is 11.3. The highest BCUT2D eigenvalue weighted by atomic mass is 79.9. The van der Waals surface area contributed by atoms with Gasteiger partial charge in [0.25, 0.3) is 0 Å². The number of benzene rings is 1. The minimum atomic E-state index is -4.46. The van der Waals surface area contributed by atoms with Crippen molar-refractivity contribution >= 4 is 27.7 Å². The molecule has 22 heavy (non-hydrogen) atoms. The van der Waals surface area contributed by atoms with E-state index in [9.17, 15) is 18.0 Å². The molecule has 2 amide bonds. The molecule has 0 aliphatic carbocycles. The zero-order valence-electron chi connectivity index (χ0n) is 11.3. The number of nitrogens with one attached hydrogen (secondary N) is 2. The average molecular weight is 380 g/mol. The molecule has 0 spiro atoms. The molecule has 0 radical (unpaired) electrons. The summed E-state index contributed by atoms with van der Waals surface area (Å²) in [7, 11) is 0. The molecule has 0 saturated heterocycles. The molecule has 120 valence electrons. The first-order valence-electron chi connectivity index (χ1n) is 6.45. The van der Waals surface area contributed by atoms with Crippen LogP contribution < -0.4 is 15.5 Å². The molecule has 0 unspecified atom stereocenters. The number of rotatable bonds is 2. The molecule has 1 heterocycles. The van der Waals surface area contributed by atoms with Gasteiger partial charge in [0, 0.05) is 10.0 Å². The van der Waals surface area contributed by atoms with Crippen molar-refractivity contribution in [1.29, 1.82) is 0 Å². The number of hydrazone groups is 1. The van der Waals surface area contributed by atoms with Crippen molar-refractivity contribution in [3.63, 3.8) is 0 Å². The van der Waals surface area contributed by atoms with Crippen molar-refractivity contribution < 1.29 is 22.7 Å². The molecule has 0 atom stereocenters. The van der Waals surface area contributed by atoms with E-state index < -0.39 is 18.8 Å². The maximum Gasteiger partial charge on any atom is 0.405 e. The first-order chi connectivity index (χ1) is 10.3. The highest BCUT2D eigenvalue weighted by molar-refractivity contribution is 9.10. The van der Waals surface area contributed by atoms with E-state index in [1.165, 1.54) is 0 Å². The quantitative estimate of drug-likeness (QED) is 0.775. The van der Waals surface area contributed by atoms with Crippen LogP contribution in [0.3, 0.4) is 0 Å². The van der Waals surface area contributed by atoms with Gasteiger partial charge in [0.05, 0.1) is 12.3 Å². The van der Waals surface area contributed by atoms with Gasteiger partial charge >= 0.3 is 12.2 Å². The second kappa shape index (κ2) is 6.99. The van der Waals surface area contributed by atoms with Gasteiger partial charge in [0.1, 0.15) is 12.3 Å². The lowest BCUT2D eigenvalue weighted by atomic mass is 10.1. The maximum absolute atomic E-state index is 12.0. The normalized spacial score (nSPS) is 16.5. The summed E-state index contributed by atoms with van der Waals surface area (Å²) < 4.78 is 42.4. The number of alkyl halides is 3. The Balaban J connectivity index is 2.08. The summed E-state index contributed by atoms with van der Waals surface area (Å²) in [6, 6.07) is 4.36. The number of urea groups is 1. The zero-order valence-corrected chi connectivity index (χ0v) is 12.9. The van der Waals surface area contributed by atoms with Gasteiger partial charge < -0.3 is 10.1 Å². The number of halogens is 4. The topological polar surface area (TPSA) is 62.7 Å². The summed E-state index contributed by atoms with van der Waals surface area (Å²) in [5, 5.41) is 5.60. The molecule has 0 fully saturated rings. The summed E-state index contributed by atoms with van der Waals surface area (Å²) >= 11 is 3.33. The maximum atomic E-state index is 12.0. The predicted molar refractivity (Wildman–Crippen MR) is 78.0 cm³/mol. The fourth-order valence-electron chi connectivity index (χ4n) is 1.86. The van der Waals surface area contributed by atoms with Crippen LogP contribution in [0.4, 0.5) is 18.0 Å². The van der Waals surface area contributed by atoms with Gasteiger partial charge in [-0.05, 0) is 31.0 Å². The fraction of sp³-hybridized carbons (Fsp3) is 0.385. The number of amides is 2. The number of carbonyl (C=O) groups is 1. The van der Waals surface area contributed by atoms with E-state index in [2.05, 4.69) is 26.5 Å². The smallest absolute Gasteiger partial charge is 0.405 e. The third-order valence-electron chi connectivity index (χ3n) is 2.81. The number of carbonyl (C=O) groups excluding carboxylic acids is 1. The van der Waals surface area contributed by atoms with E-state index in [-0.39, 0.29) is 0 Å². The third kappa shape index (κ3) is 4.90. The monoisotopic (exact) mass is 379 g/mol. The van der Waals surface area contributed by atoms with Gasteiger partial charge in [0.15, 0.2) is 0 Å². The van der Waals surface area contributed by atoms with Crippen molar-refractivity contribution in [3.8, 4) is 5.75 Å². The standard InChI is InChI=1S/C13H13BrF3N3O2/c14-8-3-4-11-9(6-8)10(2-1-5-22-11)19-20-12(21)18-7-13(15,16)17/h3-4,6H,1-2,5,7H2,(H2,18,20,21). The van der Waals surface area contributed by atoms with Crippen molar-refractivity contribution in [2.45, 2.75) is 19.0 Å². The highest BCUT2D eigenvalue weighted by Crippen LogP contribution is 2.27. The van der Waals surface area contributed by atoms with Crippen LogP contribution in [0.5, 0.6) is 5.75 Å². The Labute approximate surface area is 133 Å². The van der Waals surface area contributed by atoms with Crippen LogP contribution in [0.25, 0.3) is 0 Å². The van der Waals surface area contributed by atoms with Crippen LogP contribution in [0.2, 0.25) is 0 Å². The van der Waals surface area contributed by atoms with E-state index in [1.807, 2.05) is 6.07 Å². The van der Waals surface area contributed by atoms with Crippen LogP contribution >= 0.6 is 15.9 Å². The second-order valence-corrected chi connectivity index (χ2v) is 5.48. The van der Waals surface area contributed by atoms with E-state index in [1.54, 1.807) is 17.4 Å². The zero-order chi connectivity index (χ0) is 16.2. The van der Waals surface area contributed by atoms with Crippen LogP contribution in [0, 0.1) is 0 Å². The Morgan fingerprint density at radius 1 is 1.41 bits per heavy atom. The Hall–Kier alpha value is -1.77. The molecule has 1 aliphatic rings. The van der Waals surface area contributed by atoms with Crippen LogP contribution in [-0.2, 0) is 0 Å².